The number of rotatable bonds is 3. The van der Waals surface area contributed by atoms with Gasteiger partial charge < -0.3 is 9.67 Å². The van der Waals surface area contributed by atoms with Gasteiger partial charge in [-0.15, -0.1) is 11.3 Å². The van der Waals surface area contributed by atoms with Crippen LogP contribution < -0.4 is 5.56 Å². The Morgan fingerprint density at radius 3 is 2.50 bits per heavy atom. The van der Waals surface area contributed by atoms with Crippen LogP contribution >= 0.6 is 11.3 Å². The summed E-state index contributed by atoms with van der Waals surface area (Å²) in [5, 5.41) is 9.96. The summed E-state index contributed by atoms with van der Waals surface area (Å²) in [5.41, 5.74) is 1.54. The summed E-state index contributed by atoms with van der Waals surface area (Å²) >= 11 is 1.53. The van der Waals surface area contributed by atoms with Gasteiger partial charge in [0, 0.05) is 10.6 Å². The monoisotopic (exact) mass is 292 g/mol. The predicted molar refractivity (Wildman–Crippen MR) is 77.8 cm³/mol. The summed E-state index contributed by atoms with van der Waals surface area (Å²) in [7, 11) is 0. The van der Waals surface area contributed by atoms with E-state index in [2.05, 4.69) is 4.98 Å². The van der Waals surface area contributed by atoms with Crippen LogP contribution in [0.1, 0.15) is 37.2 Å². The fourth-order valence-corrected chi connectivity index (χ4v) is 3.05. The largest absolute Gasteiger partial charge is 0.477 e. The van der Waals surface area contributed by atoms with Crippen LogP contribution in [0.4, 0.5) is 0 Å². The van der Waals surface area contributed by atoms with Crippen molar-refractivity contribution in [3.8, 4) is 0 Å². The van der Waals surface area contributed by atoms with E-state index in [1.54, 1.807) is 19.9 Å². The zero-order valence-corrected chi connectivity index (χ0v) is 12.7. The van der Waals surface area contributed by atoms with E-state index in [4.69, 9.17) is 5.11 Å². The second-order valence-electron chi connectivity index (χ2n) is 4.79. The van der Waals surface area contributed by atoms with E-state index >= 15 is 0 Å². The molecule has 6 heteroatoms. The second kappa shape index (κ2) is 5.20. The van der Waals surface area contributed by atoms with Gasteiger partial charge in [0.05, 0.1) is 12.2 Å². The molecule has 0 atom stereocenters. The molecule has 0 aliphatic rings. The van der Waals surface area contributed by atoms with Crippen molar-refractivity contribution in [1.82, 2.24) is 9.55 Å². The van der Waals surface area contributed by atoms with E-state index in [0.717, 1.165) is 21.3 Å². The van der Waals surface area contributed by atoms with Gasteiger partial charge in [0.2, 0.25) is 0 Å². The molecule has 2 rings (SSSR count). The third kappa shape index (κ3) is 2.51. The van der Waals surface area contributed by atoms with Crippen molar-refractivity contribution in [2.24, 2.45) is 0 Å². The molecule has 0 radical (unpaired) electrons. The summed E-state index contributed by atoms with van der Waals surface area (Å²) in [6.07, 6.45) is 0. The SMILES string of the molecule is Cc1cc(C)n(Cc2nc(C)c(C)s2)c(=O)c1C(=O)O. The maximum absolute atomic E-state index is 12.3. The highest BCUT2D eigenvalue weighted by atomic mass is 32.1. The van der Waals surface area contributed by atoms with Crippen molar-refractivity contribution in [2.75, 3.05) is 0 Å². The smallest absolute Gasteiger partial charge is 0.341 e. The molecule has 5 nitrogen and oxygen atoms in total. The molecule has 0 saturated heterocycles. The summed E-state index contributed by atoms with van der Waals surface area (Å²) in [6.45, 7) is 7.64. The number of carbonyl (C=O) groups is 1. The van der Waals surface area contributed by atoms with Gasteiger partial charge >= 0.3 is 5.97 Å². The molecule has 2 aromatic rings. The minimum absolute atomic E-state index is 0.166. The van der Waals surface area contributed by atoms with Crippen molar-refractivity contribution in [3.05, 3.63) is 48.8 Å². The molecule has 0 spiro atoms. The maximum Gasteiger partial charge on any atom is 0.341 e. The maximum atomic E-state index is 12.3. The molecule has 0 saturated carbocycles. The third-order valence-corrected chi connectivity index (χ3v) is 4.34. The average molecular weight is 292 g/mol. The topological polar surface area (TPSA) is 72.2 Å². The molecule has 0 amide bonds. The Bertz CT molecular complexity index is 724. The predicted octanol–water partition coefficient (Wildman–Crippen LogP) is 2.28. The van der Waals surface area contributed by atoms with Crippen molar-refractivity contribution >= 4 is 17.3 Å². The van der Waals surface area contributed by atoms with Crippen molar-refractivity contribution < 1.29 is 9.90 Å². The molecule has 0 fully saturated rings. The first-order valence-electron chi connectivity index (χ1n) is 6.18. The number of pyridine rings is 1. The standard InChI is InChI=1S/C14H16N2O3S/c1-7-5-8(2)16(13(17)12(7)14(18)19)6-11-15-9(3)10(4)20-11/h5H,6H2,1-4H3,(H,18,19). The molecule has 106 valence electrons. The van der Waals surface area contributed by atoms with Crippen LogP contribution in [0.25, 0.3) is 0 Å². The van der Waals surface area contributed by atoms with Crippen molar-refractivity contribution in [2.45, 2.75) is 34.2 Å². The van der Waals surface area contributed by atoms with E-state index in [-0.39, 0.29) is 5.56 Å². The number of hydrogen-bond acceptors (Lipinski definition) is 4. The minimum atomic E-state index is -1.19. The van der Waals surface area contributed by atoms with Gasteiger partial charge in [0.25, 0.3) is 5.56 Å². The zero-order chi connectivity index (χ0) is 15.0. The number of carboxylic acids is 1. The third-order valence-electron chi connectivity index (χ3n) is 3.28. The first kappa shape index (κ1) is 14.5. The molecule has 0 bridgehead atoms. The van der Waals surface area contributed by atoms with E-state index in [1.165, 1.54) is 15.9 Å². The van der Waals surface area contributed by atoms with Gasteiger partial charge in [0.1, 0.15) is 10.6 Å². The number of carboxylic acid groups (broad SMARTS) is 1. The Hall–Kier alpha value is -1.95. The highest BCUT2D eigenvalue weighted by Gasteiger charge is 2.17. The second-order valence-corrected chi connectivity index (χ2v) is 6.08. The summed E-state index contributed by atoms with van der Waals surface area (Å²) in [5.74, 6) is -1.19. The first-order valence-corrected chi connectivity index (χ1v) is 7.00. The minimum Gasteiger partial charge on any atom is -0.477 e. The number of nitrogens with zero attached hydrogens (tertiary/aromatic N) is 2. The highest BCUT2D eigenvalue weighted by molar-refractivity contribution is 7.11. The molecule has 0 aromatic carbocycles. The number of aryl methyl sites for hydroxylation is 4. The number of hydrogen-bond donors (Lipinski definition) is 1. The molecule has 0 unspecified atom stereocenters. The summed E-state index contributed by atoms with van der Waals surface area (Å²) in [4.78, 5) is 29.0. The van der Waals surface area contributed by atoms with E-state index in [9.17, 15) is 9.59 Å². The molecule has 2 aromatic heterocycles. The van der Waals surface area contributed by atoms with Crippen molar-refractivity contribution in [1.29, 1.82) is 0 Å². The first-order chi connectivity index (χ1) is 9.31. The number of aromatic nitrogens is 2. The Labute approximate surface area is 120 Å². The van der Waals surface area contributed by atoms with Crippen LogP contribution in [0.5, 0.6) is 0 Å². The summed E-state index contributed by atoms with van der Waals surface area (Å²) in [6, 6.07) is 1.72. The normalized spacial score (nSPS) is 10.8. The van der Waals surface area contributed by atoms with Crippen LogP contribution in [0.15, 0.2) is 10.9 Å². The fraction of sp³-hybridized carbons (Fsp3) is 0.357. The lowest BCUT2D eigenvalue weighted by atomic mass is 10.1. The Morgan fingerprint density at radius 2 is 2.00 bits per heavy atom. The lowest BCUT2D eigenvalue weighted by Crippen LogP contribution is -2.29. The quantitative estimate of drug-likeness (QED) is 0.942. The molecule has 20 heavy (non-hydrogen) atoms. The lowest BCUT2D eigenvalue weighted by Gasteiger charge is -2.11. The Morgan fingerprint density at radius 1 is 1.35 bits per heavy atom. The molecule has 1 N–H and O–H groups in total. The van der Waals surface area contributed by atoms with Gasteiger partial charge in [-0.3, -0.25) is 4.79 Å². The van der Waals surface area contributed by atoms with Gasteiger partial charge in [0.15, 0.2) is 0 Å². The van der Waals surface area contributed by atoms with Crippen LogP contribution in [0.2, 0.25) is 0 Å². The van der Waals surface area contributed by atoms with Gasteiger partial charge in [-0.25, -0.2) is 9.78 Å². The lowest BCUT2D eigenvalue weighted by molar-refractivity contribution is 0.0693. The van der Waals surface area contributed by atoms with Gasteiger partial charge in [-0.2, -0.15) is 0 Å². The van der Waals surface area contributed by atoms with Gasteiger partial charge in [-0.1, -0.05) is 0 Å². The number of thiazole rings is 1. The van der Waals surface area contributed by atoms with Crippen LogP contribution in [0.3, 0.4) is 0 Å². The molecule has 2 heterocycles. The molecular formula is C14H16N2O3S. The molecular weight excluding hydrogens is 276 g/mol. The van der Waals surface area contributed by atoms with Crippen LogP contribution in [-0.4, -0.2) is 20.6 Å². The van der Waals surface area contributed by atoms with E-state index in [1.807, 2.05) is 13.8 Å². The summed E-state index contributed by atoms with van der Waals surface area (Å²) < 4.78 is 1.47. The van der Waals surface area contributed by atoms with Crippen LogP contribution in [0, 0.1) is 27.7 Å². The van der Waals surface area contributed by atoms with Crippen LogP contribution in [-0.2, 0) is 6.54 Å². The number of aromatic carboxylic acids is 1. The fourth-order valence-electron chi connectivity index (χ4n) is 2.13. The van der Waals surface area contributed by atoms with E-state index < -0.39 is 11.5 Å². The zero-order valence-electron chi connectivity index (χ0n) is 11.9. The molecule has 0 aliphatic carbocycles. The Balaban J connectivity index is 2.54. The van der Waals surface area contributed by atoms with Gasteiger partial charge in [-0.05, 0) is 39.3 Å². The Kier molecular flexibility index (Phi) is 3.76. The molecule has 0 aliphatic heterocycles. The van der Waals surface area contributed by atoms with Crippen molar-refractivity contribution in [3.63, 3.8) is 0 Å². The van der Waals surface area contributed by atoms with E-state index in [0.29, 0.717) is 12.1 Å². The average Bonchev–Trinajstić information content (AvgIpc) is 2.63. The highest BCUT2D eigenvalue weighted by Crippen LogP contribution is 2.18.